The molecule has 1 heteroatoms. The Morgan fingerprint density at radius 1 is 1.58 bits per heavy atom. The summed E-state index contributed by atoms with van der Waals surface area (Å²) in [5.41, 5.74) is -0.341. The molecule has 1 nitrogen and oxygen atoms in total. The summed E-state index contributed by atoms with van der Waals surface area (Å²) < 4.78 is 0. The largest absolute Gasteiger partial charge is 0.390 e. The Morgan fingerprint density at radius 2 is 2.25 bits per heavy atom. The van der Waals surface area contributed by atoms with Crippen LogP contribution >= 0.6 is 0 Å². The van der Waals surface area contributed by atoms with Gasteiger partial charge < -0.3 is 5.11 Å². The number of hydrogen-bond acceptors (Lipinski definition) is 1. The Kier molecular flexibility index (Phi) is 3.16. The van der Waals surface area contributed by atoms with E-state index in [0.717, 1.165) is 25.2 Å². The van der Waals surface area contributed by atoms with Crippen LogP contribution in [0.15, 0.2) is 0 Å². The average molecular weight is 170 g/mol. The van der Waals surface area contributed by atoms with Gasteiger partial charge in [-0.1, -0.05) is 40.0 Å². The van der Waals surface area contributed by atoms with Crippen molar-refractivity contribution in [3.05, 3.63) is 0 Å². The van der Waals surface area contributed by atoms with Crippen LogP contribution in [-0.2, 0) is 0 Å². The third kappa shape index (κ3) is 2.01. The topological polar surface area (TPSA) is 20.2 Å². The summed E-state index contributed by atoms with van der Waals surface area (Å²) in [7, 11) is 0. The molecule has 0 aromatic heterocycles. The van der Waals surface area contributed by atoms with Crippen LogP contribution in [0, 0.1) is 11.8 Å². The summed E-state index contributed by atoms with van der Waals surface area (Å²) in [6.07, 6.45) is 5.65. The van der Waals surface area contributed by atoms with Crippen molar-refractivity contribution in [1.82, 2.24) is 0 Å². The van der Waals surface area contributed by atoms with E-state index in [9.17, 15) is 5.11 Å². The van der Waals surface area contributed by atoms with E-state index in [1.165, 1.54) is 12.8 Å². The quantitative estimate of drug-likeness (QED) is 0.675. The predicted octanol–water partition coefficient (Wildman–Crippen LogP) is 2.97. The normalized spacial score (nSPS) is 39.5. The second kappa shape index (κ2) is 3.78. The first kappa shape index (κ1) is 10.0. The summed E-state index contributed by atoms with van der Waals surface area (Å²) in [6.45, 7) is 6.60. The zero-order valence-corrected chi connectivity index (χ0v) is 8.64. The van der Waals surface area contributed by atoms with Gasteiger partial charge in [0, 0.05) is 0 Å². The van der Waals surface area contributed by atoms with Gasteiger partial charge in [-0.3, -0.25) is 0 Å². The highest BCUT2D eigenvalue weighted by Crippen LogP contribution is 2.38. The van der Waals surface area contributed by atoms with Crippen LogP contribution in [-0.4, -0.2) is 10.7 Å². The fraction of sp³-hybridized carbons (Fsp3) is 1.00. The fourth-order valence-electron chi connectivity index (χ4n) is 2.39. The van der Waals surface area contributed by atoms with Crippen LogP contribution in [0.25, 0.3) is 0 Å². The van der Waals surface area contributed by atoms with Crippen molar-refractivity contribution in [2.45, 2.75) is 58.5 Å². The maximum Gasteiger partial charge on any atom is 0.0675 e. The van der Waals surface area contributed by atoms with Crippen molar-refractivity contribution < 1.29 is 5.11 Å². The Morgan fingerprint density at radius 3 is 2.75 bits per heavy atom. The molecular weight excluding hydrogens is 148 g/mol. The molecule has 0 saturated heterocycles. The van der Waals surface area contributed by atoms with E-state index < -0.39 is 0 Å². The second-order valence-corrected chi connectivity index (χ2v) is 4.61. The maximum atomic E-state index is 10.3. The zero-order chi connectivity index (χ0) is 9.19. The van der Waals surface area contributed by atoms with Gasteiger partial charge in [0.05, 0.1) is 5.60 Å². The molecule has 0 aromatic carbocycles. The van der Waals surface area contributed by atoms with E-state index in [1.807, 2.05) is 0 Å². The number of hydrogen-bond donors (Lipinski definition) is 1. The third-order valence-corrected chi connectivity index (χ3v) is 3.54. The van der Waals surface area contributed by atoms with Crippen molar-refractivity contribution in [2.75, 3.05) is 0 Å². The van der Waals surface area contributed by atoms with Crippen LogP contribution in [0.1, 0.15) is 52.9 Å². The van der Waals surface area contributed by atoms with E-state index in [1.54, 1.807) is 0 Å². The molecule has 1 fully saturated rings. The molecule has 1 aliphatic carbocycles. The minimum Gasteiger partial charge on any atom is -0.390 e. The monoisotopic (exact) mass is 170 g/mol. The molecule has 1 aliphatic rings. The number of rotatable bonds is 2. The van der Waals surface area contributed by atoms with E-state index in [4.69, 9.17) is 0 Å². The highest BCUT2D eigenvalue weighted by molar-refractivity contribution is 4.88. The molecule has 1 N–H and O–H groups in total. The van der Waals surface area contributed by atoms with Crippen molar-refractivity contribution in [3.63, 3.8) is 0 Å². The summed E-state index contributed by atoms with van der Waals surface area (Å²) in [5.74, 6) is 1.19. The predicted molar refractivity (Wildman–Crippen MR) is 52.0 cm³/mol. The molecule has 1 saturated carbocycles. The second-order valence-electron chi connectivity index (χ2n) is 4.61. The molecule has 0 amide bonds. The zero-order valence-electron chi connectivity index (χ0n) is 8.64. The Labute approximate surface area is 76.2 Å². The lowest BCUT2D eigenvalue weighted by Crippen LogP contribution is -2.40. The number of aliphatic hydroxyl groups is 1. The maximum absolute atomic E-state index is 10.3. The molecule has 0 heterocycles. The van der Waals surface area contributed by atoms with Crippen LogP contribution in [0.5, 0.6) is 0 Å². The van der Waals surface area contributed by atoms with Gasteiger partial charge in [-0.2, -0.15) is 0 Å². The van der Waals surface area contributed by atoms with Crippen LogP contribution in [0.3, 0.4) is 0 Å². The Hall–Kier alpha value is -0.0400. The highest BCUT2D eigenvalue weighted by atomic mass is 16.3. The average Bonchev–Trinajstić information content (AvgIpc) is 2.02. The molecular formula is C11H22O. The first-order chi connectivity index (χ1) is 5.58. The van der Waals surface area contributed by atoms with Gasteiger partial charge in [0.25, 0.3) is 0 Å². The summed E-state index contributed by atoms with van der Waals surface area (Å²) in [6, 6.07) is 0. The minimum absolute atomic E-state index is 0.341. The van der Waals surface area contributed by atoms with E-state index in [0.29, 0.717) is 5.92 Å². The van der Waals surface area contributed by atoms with Gasteiger partial charge in [-0.15, -0.1) is 0 Å². The van der Waals surface area contributed by atoms with E-state index in [-0.39, 0.29) is 5.60 Å². The van der Waals surface area contributed by atoms with Gasteiger partial charge in [0.2, 0.25) is 0 Å². The van der Waals surface area contributed by atoms with E-state index in [2.05, 4.69) is 20.8 Å². The molecule has 0 bridgehead atoms. The van der Waals surface area contributed by atoms with Crippen LogP contribution < -0.4 is 0 Å². The molecule has 12 heavy (non-hydrogen) atoms. The smallest absolute Gasteiger partial charge is 0.0675 e. The van der Waals surface area contributed by atoms with Crippen LogP contribution in [0.2, 0.25) is 0 Å². The minimum atomic E-state index is -0.341. The van der Waals surface area contributed by atoms with Crippen molar-refractivity contribution in [3.8, 4) is 0 Å². The lowest BCUT2D eigenvalue weighted by molar-refractivity contribution is -0.0580. The molecule has 3 atom stereocenters. The van der Waals surface area contributed by atoms with Gasteiger partial charge in [-0.25, -0.2) is 0 Å². The van der Waals surface area contributed by atoms with Gasteiger partial charge in [0.1, 0.15) is 0 Å². The third-order valence-electron chi connectivity index (χ3n) is 3.54. The van der Waals surface area contributed by atoms with Crippen molar-refractivity contribution >= 4 is 0 Å². The summed E-state index contributed by atoms with van der Waals surface area (Å²) in [4.78, 5) is 0. The molecule has 0 radical (unpaired) electrons. The lowest BCUT2D eigenvalue weighted by Gasteiger charge is -2.39. The molecule has 0 spiro atoms. The fourth-order valence-corrected chi connectivity index (χ4v) is 2.39. The standard InChI is InChI=1S/C11H22O/c1-4-10(3)11(12)7-5-6-9(2)8-11/h9-10,12H,4-8H2,1-3H3. The highest BCUT2D eigenvalue weighted by Gasteiger charge is 2.36. The first-order valence-electron chi connectivity index (χ1n) is 5.31. The van der Waals surface area contributed by atoms with Crippen molar-refractivity contribution in [2.24, 2.45) is 11.8 Å². The molecule has 0 aromatic rings. The first-order valence-corrected chi connectivity index (χ1v) is 5.31. The molecule has 72 valence electrons. The SMILES string of the molecule is CCC(C)C1(O)CCCC(C)C1. The van der Waals surface area contributed by atoms with Gasteiger partial charge in [-0.05, 0) is 24.7 Å². The Bertz CT molecular complexity index is 144. The van der Waals surface area contributed by atoms with Gasteiger partial charge >= 0.3 is 0 Å². The van der Waals surface area contributed by atoms with E-state index >= 15 is 0 Å². The summed E-state index contributed by atoms with van der Waals surface area (Å²) in [5, 5.41) is 10.3. The van der Waals surface area contributed by atoms with Crippen molar-refractivity contribution in [1.29, 1.82) is 0 Å². The molecule has 0 aliphatic heterocycles. The summed E-state index contributed by atoms with van der Waals surface area (Å²) >= 11 is 0. The lowest BCUT2D eigenvalue weighted by atomic mass is 9.72. The molecule has 3 unspecified atom stereocenters. The van der Waals surface area contributed by atoms with Crippen LogP contribution in [0.4, 0.5) is 0 Å². The van der Waals surface area contributed by atoms with Gasteiger partial charge in [0.15, 0.2) is 0 Å². The molecule has 1 rings (SSSR count). The Balaban J connectivity index is 2.56.